The van der Waals surface area contributed by atoms with Gasteiger partial charge in [-0.15, -0.1) is 0 Å². The van der Waals surface area contributed by atoms with Gasteiger partial charge in [0.05, 0.1) is 5.92 Å². The summed E-state index contributed by atoms with van der Waals surface area (Å²) < 4.78 is 5.88. The maximum Gasteiger partial charge on any atom is 0.311 e. The van der Waals surface area contributed by atoms with Crippen molar-refractivity contribution in [3.05, 3.63) is 34.9 Å². The molecule has 0 aromatic heterocycles. The predicted octanol–water partition coefficient (Wildman–Crippen LogP) is 2.94. The van der Waals surface area contributed by atoms with E-state index >= 15 is 0 Å². The molecule has 4 aliphatic rings. The zero-order chi connectivity index (χ0) is 19.8. The Morgan fingerprint density at radius 2 is 1.79 bits per heavy atom. The normalized spacial score (nSPS) is 27.1. The molecule has 3 fully saturated rings. The summed E-state index contributed by atoms with van der Waals surface area (Å²) >= 11 is 0. The number of benzene rings is 1. The third-order valence-electron chi connectivity index (χ3n) is 7.07. The van der Waals surface area contributed by atoms with E-state index in [2.05, 4.69) is 23.1 Å². The molecule has 0 bridgehead atoms. The largest absolute Gasteiger partial charge is 0.461 e. The van der Waals surface area contributed by atoms with E-state index in [1.165, 1.54) is 36.0 Å². The zero-order valence-corrected chi connectivity index (χ0v) is 17.3. The van der Waals surface area contributed by atoms with Crippen LogP contribution in [0.15, 0.2) is 18.2 Å². The average molecular weight is 397 g/mol. The second-order valence-electron chi connectivity index (χ2n) is 9.44. The van der Waals surface area contributed by atoms with Crippen molar-refractivity contribution in [1.82, 2.24) is 9.80 Å². The first-order chi connectivity index (χ1) is 14.2. The van der Waals surface area contributed by atoms with Crippen molar-refractivity contribution in [2.45, 2.75) is 64.0 Å². The lowest BCUT2D eigenvalue weighted by molar-refractivity contribution is -0.156. The van der Waals surface area contributed by atoms with E-state index in [0.29, 0.717) is 6.54 Å². The lowest BCUT2D eigenvalue weighted by Gasteiger charge is -2.32. The van der Waals surface area contributed by atoms with Crippen LogP contribution in [0.3, 0.4) is 0 Å². The molecular formula is C24H32N2O3. The van der Waals surface area contributed by atoms with Crippen molar-refractivity contribution in [2.24, 2.45) is 11.8 Å². The smallest absolute Gasteiger partial charge is 0.311 e. The van der Waals surface area contributed by atoms with Gasteiger partial charge in [-0.3, -0.25) is 14.5 Å². The molecule has 2 unspecified atom stereocenters. The summed E-state index contributed by atoms with van der Waals surface area (Å²) in [6.07, 6.45) is 8.42. The number of fused-ring (bicyclic) bond motifs is 1. The minimum absolute atomic E-state index is 0.00793. The third-order valence-corrected chi connectivity index (χ3v) is 7.07. The summed E-state index contributed by atoms with van der Waals surface area (Å²) in [6.45, 7) is 4.09. The summed E-state index contributed by atoms with van der Waals surface area (Å²) in [4.78, 5) is 29.4. The third kappa shape index (κ3) is 4.35. The number of hydrogen-bond donors (Lipinski definition) is 0. The van der Waals surface area contributed by atoms with Crippen LogP contribution in [0.5, 0.6) is 0 Å². The molecule has 1 aromatic carbocycles. The van der Waals surface area contributed by atoms with Gasteiger partial charge in [0, 0.05) is 38.6 Å². The molecule has 2 atom stereocenters. The highest BCUT2D eigenvalue weighted by Crippen LogP contribution is 2.33. The number of rotatable bonds is 5. The van der Waals surface area contributed by atoms with Crippen molar-refractivity contribution in [2.75, 3.05) is 26.2 Å². The fraction of sp³-hybridized carbons (Fsp3) is 0.667. The van der Waals surface area contributed by atoms with Crippen LogP contribution >= 0.6 is 0 Å². The molecule has 2 aliphatic heterocycles. The number of piperidine rings is 1. The highest BCUT2D eigenvalue weighted by molar-refractivity contribution is 5.82. The van der Waals surface area contributed by atoms with Gasteiger partial charge < -0.3 is 9.64 Å². The second-order valence-corrected chi connectivity index (χ2v) is 9.44. The lowest BCUT2D eigenvalue weighted by Crippen LogP contribution is -2.44. The van der Waals surface area contributed by atoms with Gasteiger partial charge in [0.1, 0.15) is 6.10 Å². The summed E-state index contributed by atoms with van der Waals surface area (Å²) in [7, 11) is 0. The van der Waals surface area contributed by atoms with Crippen LogP contribution in [0.1, 0.15) is 55.2 Å². The summed E-state index contributed by atoms with van der Waals surface area (Å²) in [5, 5.41) is 0. The molecular weight excluding hydrogens is 364 g/mol. The Balaban J connectivity index is 1.11. The van der Waals surface area contributed by atoms with Crippen molar-refractivity contribution >= 4 is 11.9 Å². The van der Waals surface area contributed by atoms with Gasteiger partial charge in [0.15, 0.2) is 0 Å². The Kier molecular flexibility index (Phi) is 5.33. The first kappa shape index (κ1) is 19.1. The summed E-state index contributed by atoms with van der Waals surface area (Å²) in [5.41, 5.74) is 4.41. The monoisotopic (exact) mass is 396 g/mol. The minimum Gasteiger partial charge on any atom is -0.461 e. The maximum absolute atomic E-state index is 12.7. The SMILES string of the molecule is O=C(OC1CCN(Cc2ccc3c(c2)CCC3)C1)C1CCCN(C(=O)C2CC2)C1. The van der Waals surface area contributed by atoms with E-state index in [-0.39, 0.29) is 29.8 Å². The number of aryl methyl sites for hydroxylation is 2. The van der Waals surface area contributed by atoms with Crippen LogP contribution in [0.4, 0.5) is 0 Å². The molecule has 0 radical (unpaired) electrons. The van der Waals surface area contributed by atoms with Crippen LogP contribution in [-0.4, -0.2) is 54.0 Å². The number of esters is 1. The molecule has 0 N–H and O–H groups in total. The maximum atomic E-state index is 12.7. The number of amides is 1. The van der Waals surface area contributed by atoms with E-state index in [4.69, 9.17) is 4.74 Å². The van der Waals surface area contributed by atoms with Crippen molar-refractivity contribution < 1.29 is 14.3 Å². The standard InChI is InChI=1S/C24H32N2O3/c27-23(19-8-9-19)26-11-2-5-21(15-26)24(28)29-22-10-12-25(16-22)14-17-6-7-18-3-1-4-20(18)13-17/h6-7,13,19,21-22H,1-5,8-12,14-16H2. The number of likely N-dealkylation sites (tertiary alicyclic amines) is 2. The van der Waals surface area contributed by atoms with Gasteiger partial charge >= 0.3 is 5.97 Å². The molecule has 1 aromatic rings. The molecule has 1 saturated carbocycles. The fourth-order valence-corrected chi connectivity index (χ4v) is 5.24. The summed E-state index contributed by atoms with van der Waals surface area (Å²) in [5.74, 6) is 0.246. The van der Waals surface area contributed by atoms with Gasteiger partial charge in [-0.25, -0.2) is 0 Å². The van der Waals surface area contributed by atoms with Gasteiger partial charge in [-0.2, -0.15) is 0 Å². The fourth-order valence-electron chi connectivity index (χ4n) is 5.24. The van der Waals surface area contributed by atoms with Gasteiger partial charge in [-0.05, 0) is 68.1 Å². The molecule has 2 heterocycles. The Morgan fingerprint density at radius 3 is 2.66 bits per heavy atom. The number of nitrogens with zero attached hydrogens (tertiary/aromatic N) is 2. The second kappa shape index (κ2) is 8.10. The molecule has 156 valence electrons. The lowest BCUT2D eigenvalue weighted by atomic mass is 9.97. The predicted molar refractivity (Wildman–Crippen MR) is 110 cm³/mol. The van der Waals surface area contributed by atoms with Crippen LogP contribution < -0.4 is 0 Å². The van der Waals surface area contributed by atoms with E-state index in [9.17, 15) is 9.59 Å². The molecule has 2 saturated heterocycles. The van der Waals surface area contributed by atoms with Crippen LogP contribution in [0, 0.1) is 11.8 Å². The summed E-state index contributed by atoms with van der Waals surface area (Å²) in [6, 6.07) is 6.93. The molecule has 2 aliphatic carbocycles. The van der Waals surface area contributed by atoms with E-state index in [1.807, 2.05) is 4.90 Å². The van der Waals surface area contributed by atoms with Gasteiger partial charge in [0.25, 0.3) is 0 Å². The average Bonchev–Trinajstić information content (AvgIpc) is 3.33. The van der Waals surface area contributed by atoms with Crippen molar-refractivity contribution in [3.63, 3.8) is 0 Å². The molecule has 29 heavy (non-hydrogen) atoms. The van der Waals surface area contributed by atoms with Gasteiger partial charge in [0.2, 0.25) is 5.91 Å². The van der Waals surface area contributed by atoms with Crippen LogP contribution in [0.25, 0.3) is 0 Å². The highest BCUT2D eigenvalue weighted by Gasteiger charge is 2.38. The molecule has 5 heteroatoms. The minimum atomic E-state index is -0.141. The van der Waals surface area contributed by atoms with E-state index in [1.54, 1.807) is 0 Å². The topological polar surface area (TPSA) is 49.9 Å². The van der Waals surface area contributed by atoms with Crippen molar-refractivity contribution in [3.8, 4) is 0 Å². The molecule has 5 rings (SSSR count). The molecule has 5 nitrogen and oxygen atoms in total. The first-order valence-electron chi connectivity index (χ1n) is 11.5. The Morgan fingerprint density at radius 1 is 0.931 bits per heavy atom. The number of ether oxygens (including phenoxy) is 1. The van der Waals surface area contributed by atoms with E-state index < -0.39 is 0 Å². The highest BCUT2D eigenvalue weighted by atomic mass is 16.5. The Hall–Kier alpha value is -1.88. The zero-order valence-electron chi connectivity index (χ0n) is 17.3. The van der Waals surface area contributed by atoms with E-state index in [0.717, 1.165) is 58.3 Å². The number of carbonyl (C=O) groups excluding carboxylic acids is 2. The van der Waals surface area contributed by atoms with Crippen molar-refractivity contribution in [1.29, 1.82) is 0 Å². The number of hydrogen-bond acceptors (Lipinski definition) is 4. The van der Waals surface area contributed by atoms with Gasteiger partial charge in [-0.1, -0.05) is 18.2 Å². The Labute approximate surface area is 173 Å². The molecule has 1 amide bonds. The Bertz CT molecular complexity index is 788. The number of carbonyl (C=O) groups is 2. The first-order valence-corrected chi connectivity index (χ1v) is 11.5. The van der Waals surface area contributed by atoms with Crippen LogP contribution in [-0.2, 0) is 33.7 Å². The quantitative estimate of drug-likeness (QED) is 0.718. The van der Waals surface area contributed by atoms with Crippen LogP contribution in [0.2, 0.25) is 0 Å². The molecule has 0 spiro atoms.